The SMILES string of the molecule is C=CC(=O)Nc1cccc(Nc2nc(Nc3ccc(OCCOC)nc3)ncc2[S+](C)[O-])c1. The molecule has 0 spiro atoms. The third-order valence-electron chi connectivity index (χ3n) is 4.17. The number of carbonyl (C=O) groups excluding carboxylic acids is 1. The molecular weight excluding hydrogens is 444 g/mol. The van der Waals surface area contributed by atoms with E-state index in [-0.39, 0.29) is 11.9 Å². The van der Waals surface area contributed by atoms with Crippen molar-refractivity contribution in [2.24, 2.45) is 0 Å². The lowest BCUT2D eigenvalue weighted by atomic mass is 10.2. The van der Waals surface area contributed by atoms with E-state index in [1.54, 1.807) is 56.0 Å². The van der Waals surface area contributed by atoms with Crippen LogP contribution in [0.25, 0.3) is 0 Å². The zero-order chi connectivity index (χ0) is 23.6. The Hall–Kier alpha value is -3.67. The van der Waals surface area contributed by atoms with Crippen LogP contribution in [0.2, 0.25) is 0 Å². The molecule has 0 aliphatic carbocycles. The standard InChI is InChI=1S/C22H24N6O4S/c1-4-19(29)25-15-6-5-7-16(12-15)26-21-18(33(3)30)14-24-22(28-21)27-17-8-9-20(23-13-17)32-11-10-31-2/h4-9,12-14H,1,10-11H2,2-3H3,(H,25,29)(H2,24,26,27,28). The summed E-state index contributed by atoms with van der Waals surface area (Å²) in [6, 6.07) is 10.5. The third-order valence-corrected chi connectivity index (χ3v) is 5.09. The summed E-state index contributed by atoms with van der Waals surface area (Å²) in [6.45, 7) is 4.32. The average Bonchev–Trinajstić information content (AvgIpc) is 2.80. The van der Waals surface area contributed by atoms with Gasteiger partial charge in [0.15, 0.2) is 5.82 Å². The smallest absolute Gasteiger partial charge is 0.247 e. The number of nitrogens with one attached hydrogen (secondary N) is 3. The first-order valence-corrected chi connectivity index (χ1v) is 11.4. The molecule has 1 atom stereocenters. The molecule has 2 heterocycles. The molecule has 11 heteroatoms. The number of pyridine rings is 1. The largest absolute Gasteiger partial charge is 0.612 e. The van der Waals surface area contributed by atoms with E-state index in [2.05, 4.69) is 37.5 Å². The molecule has 1 unspecified atom stereocenters. The second kappa shape index (κ2) is 11.8. The normalized spacial score (nSPS) is 11.4. The summed E-state index contributed by atoms with van der Waals surface area (Å²) in [5.74, 6) is 0.812. The van der Waals surface area contributed by atoms with Gasteiger partial charge in [-0.3, -0.25) is 4.79 Å². The van der Waals surface area contributed by atoms with Crippen molar-refractivity contribution in [1.82, 2.24) is 15.0 Å². The summed E-state index contributed by atoms with van der Waals surface area (Å²) in [6.07, 6.45) is 5.82. The van der Waals surface area contributed by atoms with Crippen LogP contribution in [0.4, 0.5) is 28.8 Å². The fourth-order valence-electron chi connectivity index (χ4n) is 2.63. The van der Waals surface area contributed by atoms with Crippen LogP contribution in [0, 0.1) is 0 Å². The number of benzene rings is 1. The Morgan fingerprint density at radius 1 is 1.12 bits per heavy atom. The first-order chi connectivity index (χ1) is 16.0. The van der Waals surface area contributed by atoms with Gasteiger partial charge in [0.1, 0.15) is 12.9 Å². The van der Waals surface area contributed by atoms with Gasteiger partial charge in [0.2, 0.25) is 22.6 Å². The number of rotatable bonds is 11. The predicted octanol–water partition coefficient (Wildman–Crippen LogP) is 3.25. The van der Waals surface area contributed by atoms with Crippen molar-refractivity contribution in [3.8, 4) is 5.88 Å². The molecule has 33 heavy (non-hydrogen) atoms. The van der Waals surface area contributed by atoms with E-state index in [1.165, 1.54) is 12.3 Å². The van der Waals surface area contributed by atoms with Crippen molar-refractivity contribution in [1.29, 1.82) is 0 Å². The van der Waals surface area contributed by atoms with Crippen LogP contribution >= 0.6 is 0 Å². The number of ether oxygens (including phenoxy) is 2. The van der Waals surface area contributed by atoms with Gasteiger partial charge in [-0.25, -0.2) is 9.97 Å². The highest BCUT2D eigenvalue weighted by molar-refractivity contribution is 7.90. The minimum Gasteiger partial charge on any atom is -0.612 e. The Balaban J connectivity index is 1.76. The fourth-order valence-corrected chi connectivity index (χ4v) is 3.20. The molecule has 0 saturated heterocycles. The van der Waals surface area contributed by atoms with Crippen LogP contribution in [0.1, 0.15) is 0 Å². The van der Waals surface area contributed by atoms with E-state index in [9.17, 15) is 9.35 Å². The van der Waals surface area contributed by atoms with Gasteiger partial charge in [-0.15, -0.1) is 0 Å². The van der Waals surface area contributed by atoms with E-state index in [1.807, 2.05) is 0 Å². The Morgan fingerprint density at radius 2 is 1.94 bits per heavy atom. The fraction of sp³-hybridized carbons (Fsp3) is 0.182. The lowest BCUT2D eigenvalue weighted by Gasteiger charge is -2.14. The van der Waals surface area contributed by atoms with Crippen molar-refractivity contribution < 1.29 is 18.8 Å². The van der Waals surface area contributed by atoms with Crippen molar-refractivity contribution in [2.75, 3.05) is 42.5 Å². The molecule has 0 radical (unpaired) electrons. The van der Waals surface area contributed by atoms with E-state index in [4.69, 9.17) is 9.47 Å². The minimum absolute atomic E-state index is 0.290. The minimum atomic E-state index is -1.33. The quantitative estimate of drug-likeness (QED) is 0.220. The van der Waals surface area contributed by atoms with Crippen molar-refractivity contribution in [3.63, 3.8) is 0 Å². The number of carbonyl (C=O) groups is 1. The Kier molecular flexibility index (Phi) is 8.58. The second-order valence-electron chi connectivity index (χ2n) is 6.61. The Morgan fingerprint density at radius 3 is 2.64 bits per heavy atom. The highest BCUT2D eigenvalue weighted by Crippen LogP contribution is 2.26. The second-order valence-corrected chi connectivity index (χ2v) is 7.96. The molecule has 10 nitrogen and oxygen atoms in total. The van der Waals surface area contributed by atoms with E-state index in [0.717, 1.165) is 0 Å². The van der Waals surface area contributed by atoms with Gasteiger partial charge in [-0.2, -0.15) is 4.98 Å². The highest BCUT2D eigenvalue weighted by atomic mass is 32.2. The summed E-state index contributed by atoms with van der Waals surface area (Å²) in [5, 5.41) is 8.90. The monoisotopic (exact) mass is 468 g/mol. The molecule has 0 aliphatic heterocycles. The molecule has 172 valence electrons. The van der Waals surface area contributed by atoms with Gasteiger partial charge in [0, 0.05) is 24.6 Å². The lowest BCUT2D eigenvalue weighted by molar-refractivity contribution is -0.111. The molecule has 1 aromatic carbocycles. The Labute approximate surface area is 194 Å². The first kappa shape index (κ1) is 24.0. The summed E-state index contributed by atoms with van der Waals surface area (Å²) in [5.41, 5.74) is 1.88. The van der Waals surface area contributed by atoms with Gasteiger partial charge in [-0.05, 0) is 41.5 Å². The number of methoxy groups -OCH3 is 1. The van der Waals surface area contributed by atoms with Crippen molar-refractivity contribution in [3.05, 3.63) is 61.4 Å². The molecule has 3 rings (SSSR count). The number of aromatic nitrogens is 3. The zero-order valence-electron chi connectivity index (χ0n) is 18.2. The maximum Gasteiger partial charge on any atom is 0.247 e. The summed E-state index contributed by atoms with van der Waals surface area (Å²) in [4.78, 5) is 24.9. The van der Waals surface area contributed by atoms with Gasteiger partial charge in [0.25, 0.3) is 0 Å². The number of amides is 1. The highest BCUT2D eigenvalue weighted by Gasteiger charge is 2.16. The van der Waals surface area contributed by atoms with Crippen LogP contribution in [0.15, 0.2) is 66.3 Å². The molecular formula is C22H24N6O4S. The topological polar surface area (TPSA) is 133 Å². The van der Waals surface area contributed by atoms with Crippen LogP contribution in [0.3, 0.4) is 0 Å². The van der Waals surface area contributed by atoms with E-state index >= 15 is 0 Å². The zero-order valence-corrected chi connectivity index (χ0v) is 19.0. The van der Waals surface area contributed by atoms with Crippen molar-refractivity contribution in [2.45, 2.75) is 4.90 Å². The number of nitrogens with zero attached hydrogens (tertiary/aromatic N) is 3. The number of hydrogen-bond acceptors (Lipinski definition) is 9. The van der Waals surface area contributed by atoms with E-state index in [0.29, 0.717) is 46.9 Å². The van der Waals surface area contributed by atoms with Gasteiger partial charge in [0.05, 0.1) is 24.7 Å². The predicted molar refractivity (Wildman–Crippen MR) is 128 cm³/mol. The molecule has 0 saturated carbocycles. The van der Waals surface area contributed by atoms with Gasteiger partial charge >= 0.3 is 0 Å². The third kappa shape index (κ3) is 7.17. The van der Waals surface area contributed by atoms with Crippen LogP contribution in [-0.2, 0) is 20.7 Å². The molecule has 3 N–H and O–H groups in total. The summed E-state index contributed by atoms with van der Waals surface area (Å²) >= 11 is -1.33. The maximum atomic E-state index is 12.2. The maximum absolute atomic E-state index is 12.2. The van der Waals surface area contributed by atoms with Crippen LogP contribution in [-0.4, -0.2) is 52.0 Å². The summed E-state index contributed by atoms with van der Waals surface area (Å²) in [7, 11) is 1.60. The Bertz CT molecular complexity index is 1090. The molecule has 0 bridgehead atoms. The van der Waals surface area contributed by atoms with Gasteiger partial charge < -0.3 is 30.0 Å². The number of anilines is 5. The summed E-state index contributed by atoms with van der Waals surface area (Å²) < 4.78 is 22.6. The first-order valence-electron chi connectivity index (χ1n) is 9.84. The van der Waals surface area contributed by atoms with E-state index < -0.39 is 11.2 Å². The molecule has 3 aromatic rings. The lowest BCUT2D eigenvalue weighted by Crippen LogP contribution is -2.09. The van der Waals surface area contributed by atoms with Crippen molar-refractivity contribution >= 4 is 45.9 Å². The molecule has 2 aromatic heterocycles. The van der Waals surface area contributed by atoms with Crippen LogP contribution < -0.4 is 20.7 Å². The van der Waals surface area contributed by atoms with Gasteiger partial charge in [-0.1, -0.05) is 12.6 Å². The molecule has 0 aliphatic rings. The molecule has 0 fully saturated rings. The molecule has 1 amide bonds. The number of hydrogen-bond donors (Lipinski definition) is 3. The van der Waals surface area contributed by atoms with Crippen LogP contribution in [0.5, 0.6) is 5.88 Å². The average molecular weight is 469 g/mol.